The zero-order chi connectivity index (χ0) is 21.8. The Labute approximate surface area is 188 Å². The molecule has 1 saturated heterocycles. The number of para-hydroxylation sites is 1. The summed E-state index contributed by atoms with van der Waals surface area (Å²) in [5, 5.41) is 5.20. The molecule has 0 spiro atoms. The molecule has 8 nitrogen and oxygen atoms in total. The van der Waals surface area contributed by atoms with E-state index in [2.05, 4.69) is 28.0 Å². The lowest BCUT2D eigenvalue weighted by Gasteiger charge is -2.33. The average Bonchev–Trinajstić information content (AvgIpc) is 3.48. The smallest absolute Gasteiger partial charge is 0.261 e. The van der Waals surface area contributed by atoms with Crippen molar-refractivity contribution in [3.05, 3.63) is 53.2 Å². The molecule has 2 aliphatic rings. The van der Waals surface area contributed by atoms with Crippen LogP contribution in [0.5, 0.6) is 0 Å². The predicted molar refractivity (Wildman–Crippen MR) is 128 cm³/mol. The van der Waals surface area contributed by atoms with Gasteiger partial charge in [0.15, 0.2) is 7.98 Å². The van der Waals surface area contributed by atoms with Gasteiger partial charge in [-0.3, -0.25) is 14.9 Å². The van der Waals surface area contributed by atoms with E-state index in [1.54, 1.807) is 6.20 Å². The average molecular weight is 442 g/mol. The van der Waals surface area contributed by atoms with Gasteiger partial charge in [-0.25, -0.2) is 9.97 Å². The molecule has 0 saturated carbocycles. The Morgan fingerprint density at radius 2 is 1.75 bits per heavy atom. The second-order valence-corrected chi connectivity index (χ2v) is 8.99. The summed E-state index contributed by atoms with van der Waals surface area (Å²) in [7, 11) is 2.10. The van der Waals surface area contributed by atoms with Crippen molar-refractivity contribution in [3.8, 4) is 0 Å². The maximum absolute atomic E-state index is 13.1. The van der Waals surface area contributed by atoms with Crippen LogP contribution in [-0.2, 0) is 9.59 Å². The largest absolute Gasteiger partial charge is 0.360 e. The first-order valence-corrected chi connectivity index (χ1v) is 11.3. The Balaban J connectivity index is 1.60. The minimum absolute atomic E-state index is 0.304. The van der Waals surface area contributed by atoms with Crippen LogP contribution < -0.4 is 10.2 Å². The third-order valence-electron chi connectivity index (χ3n) is 6.10. The van der Waals surface area contributed by atoms with Crippen molar-refractivity contribution >= 4 is 69.3 Å². The Morgan fingerprint density at radius 3 is 2.59 bits per heavy atom. The van der Waals surface area contributed by atoms with Gasteiger partial charge in [0.1, 0.15) is 0 Å². The zero-order valence-corrected chi connectivity index (χ0v) is 18.2. The monoisotopic (exact) mass is 442 g/mol. The maximum Gasteiger partial charge on any atom is 0.261 e. The molecule has 6 rings (SSSR count). The minimum atomic E-state index is -0.427. The molecular formula is C22H19BN6O2S. The van der Waals surface area contributed by atoms with Crippen molar-refractivity contribution in [2.24, 2.45) is 0 Å². The molecular weight excluding hydrogens is 423 g/mol. The second-order valence-electron chi connectivity index (χ2n) is 8.08. The van der Waals surface area contributed by atoms with E-state index in [1.807, 2.05) is 35.7 Å². The number of nitrogens with zero attached hydrogens (tertiary/aromatic N) is 4. The van der Waals surface area contributed by atoms with Gasteiger partial charge in [-0.05, 0) is 17.5 Å². The van der Waals surface area contributed by atoms with Crippen LogP contribution in [0, 0.1) is 0 Å². The first kappa shape index (κ1) is 19.2. The maximum atomic E-state index is 13.1. The SMILES string of the molecule is BN1CCN(c2nc(C3=C(c4c[nH]c5ccsc45)C(=O)NC3=O)c3ccccc3n2)CC1. The first-order valence-electron chi connectivity index (χ1n) is 10.5. The van der Waals surface area contributed by atoms with Crippen LogP contribution in [0.2, 0.25) is 0 Å². The number of benzene rings is 1. The topological polar surface area (TPSA) is 94.2 Å². The van der Waals surface area contributed by atoms with Gasteiger partial charge in [0.2, 0.25) is 5.95 Å². The highest BCUT2D eigenvalue weighted by atomic mass is 32.1. The minimum Gasteiger partial charge on any atom is -0.360 e. The molecule has 32 heavy (non-hydrogen) atoms. The highest BCUT2D eigenvalue weighted by molar-refractivity contribution is 7.17. The lowest BCUT2D eigenvalue weighted by Crippen LogP contribution is -2.45. The van der Waals surface area contributed by atoms with E-state index in [0.29, 0.717) is 22.8 Å². The molecule has 0 radical (unpaired) electrons. The summed E-state index contributed by atoms with van der Waals surface area (Å²) in [5.41, 5.74) is 3.57. The zero-order valence-electron chi connectivity index (χ0n) is 17.4. The Hall–Kier alpha value is -3.50. The number of fused-ring (bicyclic) bond motifs is 2. The summed E-state index contributed by atoms with van der Waals surface area (Å²) in [5.74, 6) is -0.242. The Bertz CT molecular complexity index is 1430. The van der Waals surface area contributed by atoms with E-state index < -0.39 is 11.8 Å². The Morgan fingerprint density at radius 1 is 0.969 bits per heavy atom. The summed E-state index contributed by atoms with van der Waals surface area (Å²) in [6, 6.07) is 9.60. The highest BCUT2D eigenvalue weighted by Crippen LogP contribution is 2.38. The van der Waals surface area contributed by atoms with Gasteiger partial charge in [-0.2, -0.15) is 0 Å². The van der Waals surface area contributed by atoms with E-state index in [1.165, 1.54) is 11.3 Å². The number of hydrogen-bond donors (Lipinski definition) is 2. The molecule has 5 heterocycles. The van der Waals surface area contributed by atoms with E-state index in [9.17, 15) is 9.59 Å². The molecule has 3 aromatic heterocycles. The molecule has 0 atom stereocenters. The molecule has 2 aliphatic heterocycles. The summed E-state index contributed by atoms with van der Waals surface area (Å²) in [4.78, 5) is 43.2. The van der Waals surface area contributed by atoms with Gasteiger partial charge in [-0.1, -0.05) is 18.2 Å². The first-order chi connectivity index (χ1) is 15.6. The number of piperazine rings is 1. The third-order valence-corrected chi connectivity index (χ3v) is 7.04. The van der Waals surface area contributed by atoms with Crippen molar-refractivity contribution in [3.63, 3.8) is 0 Å². The standard InChI is InChI=1S/C22H19BN6O2S/c23-29-8-6-28(7-9-29)22-25-14-4-2-1-3-12(14)18(26-22)17-16(20(30)27-21(17)31)13-11-24-15-5-10-32-19(13)15/h1-5,10-11,24H,6-9,23H2,(H,27,30,31). The van der Waals surface area contributed by atoms with Crippen molar-refractivity contribution < 1.29 is 9.59 Å². The molecule has 0 bridgehead atoms. The summed E-state index contributed by atoms with van der Waals surface area (Å²) in [6.07, 6.45) is 1.79. The quantitative estimate of drug-likeness (QED) is 0.368. The number of H-pyrrole nitrogens is 1. The van der Waals surface area contributed by atoms with Crippen LogP contribution in [0.4, 0.5) is 5.95 Å². The molecule has 158 valence electrons. The van der Waals surface area contributed by atoms with Crippen LogP contribution in [0.1, 0.15) is 11.3 Å². The number of carbonyl (C=O) groups is 2. The number of nitrogens with one attached hydrogen (secondary N) is 2. The van der Waals surface area contributed by atoms with Crippen LogP contribution in [0.15, 0.2) is 41.9 Å². The Kier molecular flexibility index (Phi) is 4.37. The molecule has 10 heteroatoms. The number of anilines is 1. The van der Waals surface area contributed by atoms with E-state index in [-0.39, 0.29) is 0 Å². The van der Waals surface area contributed by atoms with Crippen molar-refractivity contribution in [1.29, 1.82) is 0 Å². The molecule has 0 unspecified atom stereocenters. The number of hydrogen-bond acceptors (Lipinski definition) is 7. The van der Waals surface area contributed by atoms with Gasteiger partial charge >= 0.3 is 0 Å². The number of carbonyl (C=O) groups excluding carboxylic acids is 2. The second kappa shape index (κ2) is 7.28. The van der Waals surface area contributed by atoms with Crippen molar-refractivity contribution in [2.45, 2.75) is 0 Å². The molecule has 2 N–H and O–H groups in total. The molecule has 4 aromatic rings. The van der Waals surface area contributed by atoms with Gasteiger partial charge < -0.3 is 14.7 Å². The molecule has 1 aromatic carbocycles. The van der Waals surface area contributed by atoms with Crippen LogP contribution in [0.25, 0.3) is 32.3 Å². The van der Waals surface area contributed by atoms with Gasteiger partial charge in [0.05, 0.1) is 32.6 Å². The fraction of sp³-hybridized carbons (Fsp3) is 0.182. The lowest BCUT2D eigenvalue weighted by atomic mass is 9.99. The summed E-state index contributed by atoms with van der Waals surface area (Å²) in [6.45, 7) is 3.44. The molecule has 2 amide bonds. The number of thiophene rings is 1. The predicted octanol–water partition coefficient (Wildman–Crippen LogP) is 1.41. The van der Waals surface area contributed by atoms with E-state index in [4.69, 9.17) is 9.97 Å². The van der Waals surface area contributed by atoms with Crippen LogP contribution in [-0.4, -0.2) is 65.7 Å². The third kappa shape index (κ3) is 2.95. The highest BCUT2D eigenvalue weighted by Gasteiger charge is 2.36. The van der Waals surface area contributed by atoms with E-state index >= 15 is 0 Å². The van der Waals surface area contributed by atoms with Gasteiger partial charge in [0.25, 0.3) is 11.8 Å². The fourth-order valence-corrected chi connectivity index (χ4v) is 5.26. The van der Waals surface area contributed by atoms with Crippen LogP contribution >= 0.6 is 11.3 Å². The van der Waals surface area contributed by atoms with Crippen LogP contribution in [0.3, 0.4) is 0 Å². The van der Waals surface area contributed by atoms with Crippen molar-refractivity contribution in [2.75, 3.05) is 31.1 Å². The van der Waals surface area contributed by atoms with Gasteiger partial charge in [-0.15, -0.1) is 11.3 Å². The molecule has 1 fully saturated rings. The van der Waals surface area contributed by atoms with Gasteiger partial charge in [0, 0.05) is 43.3 Å². The number of amides is 2. The van der Waals surface area contributed by atoms with Crippen molar-refractivity contribution in [1.82, 2.24) is 25.1 Å². The number of rotatable bonds is 3. The number of aromatic nitrogens is 3. The number of aromatic amines is 1. The summed E-state index contributed by atoms with van der Waals surface area (Å²) >= 11 is 1.54. The lowest BCUT2D eigenvalue weighted by molar-refractivity contribution is -0.122. The van der Waals surface area contributed by atoms with E-state index in [0.717, 1.165) is 52.9 Å². The molecule has 0 aliphatic carbocycles. The number of imide groups is 1. The fourth-order valence-electron chi connectivity index (χ4n) is 4.37. The summed E-state index contributed by atoms with van der Waals surface area (Å²) < 4.78 is 0.944. The normalized spacial score (nSPS) is 17.7.